The fraction of sp³-hybridized carbons (Fsp3) is 1.00. The second-order valence-electron chi connectivity index (χ2n) is 6.40. The molecular formula is C14H28N2O. The van der Waals surface area contributed by atoms with Gasteiger partial charge in [0.15, 0.2) is 0 Å². The number of nitrogens with zero attached hydrogens (tertiary/aromatic N) is 1. The predicted molar refractivity (Wildman–Crippen MR) is 71.0 cm³/mol. The van der Waals surface area contributed by atoms with E-state index in [-0.39, 0.29) is 5.54 Å². The Morgan fingerprint density at radius 1 is 1.35 bits per heavy atom. The van der Waals surface area contributed by atoms with Crippen LogP contribution in [0.15, 0.2) is 0 Å². The molecule has 2 aliphatic rings. The average Bonchev–Trinajstić information content (AvgIpc) is 2.98. The molecule has 1 aliphatic heterocycles. The van der Waals surface area contributed by atoms with Crippen LogP contribution in [0.25, 0.3) is 0 Å². The van der Waals surface area contributed by atoms with Gasteiger partial charge in [0.2, 0.25) is 0 Å². The molecule has 1 saturated heterocycles. The molecule has 0 radical (unpaired) electrons. The van der Waals surface area contributed by atoms with Crippen LogP contribution in [0, 0.1) is 11.8 Å². The van der Waals surface area contributed by atoms with Crippen LogP contribution < -0.4 is 5.73 Å². The van der Waals surface area contributed by atoms with Crippen molar-refractivity contribution in [2.24, 2.45) is 17.6 Å². The van der Waals surface area contributed by atoms with Gasteiger partial charge in [0.05, 0.1) is 6.61 Å². The number of nitrogens with two attached hydrogens (primary N) is 1. The van der Waals surface area contributed by atoms with Crippen LogP contribution in [0.3, 0.4) is 0 Å². The molecule has 17 heavy (non-hydrogen) atoms. The Bertz CT molecular complexity index is 247. The van der Waals surface area contributed by atoms with Gasteiger partial charge in [-0.1, -0.05) is 13.8 Å². The first-order valence-electron chi connectivity index (χ1n) is 7.12. The second kappa shape index (κ2) is 5.25. The molecule has 1 heterocycles. The SMILES string of the molecule is CC(C)CN(C1CC1)C(C)(CN)C1CCOC1. The van der Waals surface area contributed by atoms with Crippen LogP contribution >= 0.6 is 0 Å². The van der Waals surface area contributed by atoms with Gasteiger partial charge < -0.3 is 10.5 Å². The van der Waals surface area contributed by atoms with Gasteiger partial charge in [-0.3, -0.25) is 4.90 Å². The summed E-state index contributed by atoms with van der Waals surface area (Å²) in [6, 6.07) is 0.784. The number of ether oxygens (including phenoxy) is 1. The van der Waals surface area contributed by atoms with E-state index in [1.54, 1.807) is 0 Å². The van der Waals surface area contributed by atoms with E-state index in [4.69, 9.17) is 10.5 Å². The summed E-state index contributed by atoms with van der Waals surface area (Å²) in [6.07, 6.45) is 3.89. The maximum Gasteiger partial charge on any atom is 0.0513 e. The Kier molecular flexibility index (Phi) is 4.11. The molecule has 2 rings (SSSR count). The zero-order chi connectivity index (χ0) is 12.5. The van der Waals surface area contributed by atoms with Gasteiger partial charge in [0.1, 0.15) is 0 Å². The van der Waals surface area contributed by atoms with Crippen molar-refractivity contribution >= 4 is 0 Å². The fourth-order valence-corrected chi connectivity index (χ4v) is 3.10. The summed E-state index contributed by atoms with van der Waals surface area (Å²) < 4.78 is 5.58. The first kappa shape index (κ1) is 13.3. The van der Waals surface area contributed by atoms with E-state index in [1.165, 1.54) is 25.8 Å². The number of hydrogen-bond donors (Lipinski definition) is 1. The second-order valence-corrected chi connectivity index (χ2v) is 6.40. The molecule has 3 nitrogen and oxygen atoms in total. The molecule has 1 saturated carbocycles. The van der Waals surface area contributed by atoms with E-state index in [9.17, 15) is 0 Å². The largest absolute Gasteiger partial charge is 0.381 e. The van der Waals surface area contributed by atoms with Crippen molar-refractivity contribution in [1.82, 2.24) is 4.90 Å². The van der Waals surface area contributed by atoms with Gasteiger partial charge in [-0.2, -0.15) is 0 Å². The minimum Gasteiger partial charge on any atom is -0.381 e. The molecule has 0 aromatic rings. The molecule has 3 heteroatoms. The Morgan fingerprint density at radius 2 is 2.06 bits per heavy atom. The first-order valence-corrected chi connectivity index (χ1v) is 7.12. The van der Waals surface area contributed by atoms with Crippen molar-refractivity contribution in [3.05, 3.63) is 0 Å². The number of hydrogen-bond acceptors (Lipinski definition) is 3. The molecular weight excluding hydrogens is 212 g/mol. The molecule has 0 spiro atoms. The Morgan fingerprint density at radius 3 is 2.47 bits per heavy atom. The van der Waals surface area contributed by atoms with E-state index in [0.717, 1.165) is 25.8 Å². The zero-order valence-corrected chi connectivity index (χ0v) is 11.6. The highest BCUT2D eigenvalue weighted by atomic mass is 16.5. The van der Waals surface area contributed by atoms with Crippen molar-refractivity contribution in [1.29, 1.82) is 0 Å². The topological polar surface area (TPSA) is 38.5 Å². The summed E-state index contributed by atoms with van der Waals surface area (Å²) in [5.74, 6) is 1.33. The van der Waals surface area contributed by atoms with Gasteiger partial charge in [-0.15, -0.1) is 0 Å². The van der Waals surface area contributed by atoms with Crippen LogP contribution in [-0.2, 0) is 4.74 Å². The lowest BCUT2D eigenvalue weighted by Gasteiger charge is -2.45. The van der Waals surface area contributed by atoms with Crippen molar-refractivity contribution in [3.63, 3.8) is 0 Å². The summed E-state index contributed by atoms with van der Waals surface area (Å²) in [4.78, 5) is 2.69. The Balaban J connectivity index is 2.11. The number of rotatable bonds is 6. The lowest BCUT2D eigenvalue weighted by Crippen LogP contribution is -2.58. The third kappa shape index (κ3) is 2.83. The van der Waals surface area contributed by atoms with Gasteiger partial charge in [-0.05, 0) is 32.1 Å². The smallest absolute Gasteiger partial charge is 0.0513 e. The minimum absolute atomic E-state index is 0.141. The molecule has 2 fully saturated rings. The molecule has 0 aromatic heterocycles. The van der Waals surface area contributed by atoms with Crippen molar-refractivity contribution in [2.75, 3.05) is 26.3 Å². The molecule has 0 bridgehead atoms. The van der Waals surface area contributed by atoms with E-state index < -0.39 is 0 Å². The molecule has 100 valence electrons. The standard InChI is InChI=1S/C14H28N2O/c1-11(2)8-16(13-4-5-13)14(3,10-15)12-6-7-17-9-12/h11-13H,4-10,15H2,1-3H3. The molecule has 1 aliphatic carbocycles. The summed E-state index contributed by atoms with van der Waals surface area (Å²) in [5, 5.41) is 0. The molecule has 0 amide bonds. The highest BCUT2D eigenvalue weighted by Gasteiger charge is 2.46. The average molecular weight is 240 g/mol. The summed E-state index contributed by atoms with van der Waals surface area (Å²) >= 11 is 0. The van der Waals surface area contributed by atoms with Gasteiger partial charge in [0.25, 0.3) is 0 Å². The Labute approximate surface area is 106 Å². The monoisotopic (exact) mass is 240 g/mol. The quantitative estimate of drug-likeness (QED) is 0.770. The van der Waals surface area contributed by atoms with Crippen molar-refractivity contribution in [3.8, 4) is 0 Å². The highest BCUT2D eigenvalue weighted by Crippen LogP contribution is 2.39. The fourth-order valence-electron chi connectivity index (χ4n) is 3.10. The summed E-state index contributed by atoms with van der Waals surface area (Å²) in [5.41, 5.74) is 6.27. The molecule has 2 atom stereocenters. The van der Waals surface area contributed by atoms with E-state index >= 15 is 0 Å². The lowest BCUT2D eigenvalue weighted by atomic mass is 9.82. The van der Waals surface area contributed by atoms with Crippen LogP contribution in [0.4, 0.5) is 0 Å². The van der Waals surface area contributed by atoms with Crippen LogP contribution in [0.2, 0.25) is 0 Å². The van der Waals surface area contributed by atoms with Gasteiger partial charge in [0, 0.05) is 37.2 Å². The third-order valence-corrected chi connectivity index (χ3v) is 4.43. The predicted octanol–water partition coefficient (Wildman–Crippen LogP) is 1.86. The normalized spacial score (nSPS) is 28.9. The van der Waals surface area contributed by atoms with E-state index in [2.05, 4.69) is 25.7 Å². The van der Waals surface area contributed by atoms with Gasteiger partial charge in [-0.25, -0.2) is 0 Å². The summed E-state index contributed by atoms with van der Waals surface area (Å²) in [7, 11) is 0. The Hall–Kier alpha value is -0.120. The summed E-state index contributed by atoms with van der Waals surface area (Å²) in [6.45, 7) is 10.7. The lowest BCUT2D eigenvalue weighted by molar-refractivity contribution is 0.0291. The van der Waals surface area contributed by atoms with Crippen LogP contribution in [0.1, 0.15) is 40.0 Å². The maximum absolute atomic E-state index is 6.13. The molecule has 0 aromatic carbocycles. The van der Waals surface area contributed by atoms with Gasteiger partial charge >= 0.3 is 0 Å². The van der Waals surface area contributed by atoms with Crippen LogP contribution in [-0.4, -0.2) is 42.8 Å². The zero-order valence-electron chi connectivity index (χ0n) is 11.6. The van der Waals surface area contributed by atoms with Crippen molar-refractivity contribution in [2.45, 2.75) is 51.6 Å². The van der Waals surface area contributed by atoms with E-state index in [1.807, 2.05) is 0 Å². The highest BCUT2D eigenvalue weighted by molar-refractivity contribution is 5.01. The minimum atomic E-state index is 0.141. The molecule has 2 N–H and O–H groups in total. The van der Waals surface area contributed by atoms with Crippen molar-refractivity contribution < 1.29 is 4.74 Å². The maximum atomic E-state index is 6.13. The third-order valence-electron chi connectivity index (χ3n) is 4.43. The molecule has 2 unspecified atom stereocenters. The van der Waals surface area contributed by atoms with Crippen LogP contribution in [0.5, 0.6) is 0 Å². The first-order chi connectivity index (χ1) is 8.08. The van der Waals surface area contributed by atoms with E-state index in [0.29, 0.717) is 11.8 Å².